The lowest BCUT2D eigenvalue weighted by molar-refractivity contribution is -0.0113. The number of carbonyl (C=O) groups excluding carboxylic acids is 2. The molecule has 9 heteroatoms. The molecule has 0 bridgehead atoms. The van der Waals surface area contributed by atoms with Gasteiger partial charge in [0.15, 0.2) is 0 Å². The van der Waals surface area contributed by atoms with Crippen LogP contribution in [0.5, 0.6) is 0 Å². The Bertz CT molecular complexity index is 931. The molecule has 1 aromatic carbocycles. The van der Waals surface area contributed by atoms with E-state index in [1.165, 1.54) is 17.3 Å². The zero-order valence-corrected chi connectivity index (χ0v) is 17.9. The first-order valence-corrected chi connectivity index (χ1v) is 10.0. The third-order valence-electron chi connectivity index (χ3n) is 4.70. The van der Waals surface area contributed by atoms with Crippen molar-refractivity contribution in [2.75, 3.05) is 6.54 Å². The number of nitrogens with zero attached hydrogens (tertiary/aromatic N) is 3. The van der Waals surface area contributed by atoms with Crippen molar-refractivity contribution >= 4 is 23.6 Å². The zero-order chi connectivity index (χ0) is 21.9. The molecule has 0 aliphatic carbocycles. The van der Waals surface area contributed by atoms with Crippen LogP contribution in [0.2, 0.25) is 5.15 Å². The van der Waals surface area contributed by atoms with Crippen LogP contribution in [0, 0.1) is 0 Å². The van der Waals surface area contributed by atoms with Gasteiger partial charge in [-0.3, -0.25) is 9.69 Å². The Balaban J connectivity index is 1.74. The maximum absolute atomic E-state index is 12.8. The van der Waals surface area contributed by atoms with E-state index in [-0.39, 0.29) is 17.4 Å². The summed E-state index contributed by atoms with van der Waals surface area (Å²) in [7, 11) is 0. The Hall–Kier alpha value is -2.71. The molecule has 1 aliphatic rings. The van der Waals surface area contributed by atoms with Crippen molar-refractivity contribution in [2.24, 2.45) is 0 Å². The minimum atomic E-state index is -1.01. The molecule has 8 nitrogen and oxygen atoms in total. The van der Waals surface area contributed by atoms with Crippen molar-refractivity contribution in [3.05, 3.63) is 58.6 Å². The fourth-order valence-electron chi connectivity index (χ4n) is 3.29. The van der Waals surface area contributed by atoms with Gasteiger partial charge in [-0.05, 0) is 38.3 Å². The summed E-state index contributed by atoms with van der Waals surface area (Å²) in [5.41, 5.74) is 1.49. The van der Waals surface area contributed by atoms with Crippen molar-refractivity contribution in [1.82, 2.24) is 20.2 Å². The first-order chi connectivity index (χ1) is 14.1. The predicted molar refractivity (Wildman–Crippen MR) is 111 cm³/mol. The van der Waals surface area contributed by atoms with Crippen molar-refractivity contribution in [1.29, 1.82) is 0 Å². The molecule has 0 spiro atoms. The highest BCUT2D eigenvalue weighted by Crippen LogP contribution is 2.27. The molecule has 2 N–H and O–H groups in total. The number of nitrogens with one attached hydrogen (secondary N) is 1. The average molecular weight is 433 g/mol. The second kappa shape index (κ2) is 8.97. The van der Waals surface area contributed by atoms with Crippen LogP contribution in [0.1, 0.15) is 42.4 Å². The highest BCUT2D eigenvalue weighted by molar-refractivity contribution is 6.29. The van der Waals surface area contributed by atoms with Crippen molar-refractivity contribution < 1.29 is 19.4 Å². The molecule has 0 unspecified atom stereocenters. The van der Waals surface area contributed by atoms with Gasteiger partial charge in [-0.1, -0.05) is 35.9 Å². The molecule has 0 radical (unpaired) electrons. The summed E-state index contributed by atoms with van der Waals surface area (Å²) >= 11 is 5.79. The van der Waals surface area contributed by atoms with E-state index in [0.29, 0.717) is 13.0 Å². The van der Waals surface area contributed by atoms with E-state index >= 15 is 0 Å². The molecule has 30 heavy (non-hydrogen) atoms. The van der Waals surface area contributed by atoms with E-state index in [1.807, 2.05) is 24.3 Å². The van der Waals surface area contributed by atoms with Crippen LogP contribution in [0.25, 0.3) is 0 Å². The topological polar surface area (TPSA) is 105 Å². The van der Waals surface area contributed by atoms with Crippen LogP contribution in [0.15, 0.2) is 36.7 Å². The number of aliphatic hydroxyl groups excluding tert-OH is 1. The average Bonchev–Trinajstić information content (AvgIpc) is 2.69. The summed E-state index contributed by atoms with van der Waals surface area (Å²) in [5, 5.41) is 13.6. The minimum Gasteiger partial charge on any atom is -0.444 e. The van der Waals surface area contributed by atoms with Gasteiger partial charge < -0.3 is 15.2 Å². The lowest BCUT2D eigenvalue weighted by Gasteiger charge is -2.40. The second-order valence-electron chi connectivity index (χ2n) is 8.15. The molecule has 3 rings (SSSR count). The quantitative estimate of drug-likeness (QED) is 0.719. The summed E-state index contributed by atoms with van der Waals surface area (Å²) in [6.07, 6.45) is 0.129. The van der Waals surface area contributed by atoms with Crippen LogP contribution < -0.4 is 5.32 Å². The Morgan fingerprint density at radius 2 is 2.00 bits per heavy atom. The lowest BCUT2D eigenvalue weighted by atomic mass is 9.91. The largest absolute Gasteiger partial charge is 0.444 e. The number of aromatic nitrogens is 2. The van der Waals surface area contributed by atoms with E-state index in [9.17, 15) is 14.7 Å². The van der Waals surface area contributed by atoms with Crippen molar-refractivity contribution in [2.45, 2.75) is 51.5 Å². The molecule has 2 heterocycles. The third-order valence-corrected chi connectivity index (χ3v) is 4.91. The molecular weight excluding hydrogens is 408 g/mol. The number of amides is 2. The number of hydrogen-bond donors (Lipinski definition) is 2. The highest BCUT2D eigenvalue weighted by Gasteiger charge is 2.36. The van der Waals surface area contributed by atoms with E-state index in [1.54, 1.807) is 20.8 Å². The molecular formula is C21H25ClN4O4. The SMILES string of the molecule is CC(C)(C)OC(=O)N1Cc2ccccc2C[C@H]1[C@H](O)CNC(=O)c1cc(Cl)ncn1. The van der Waals surface area contributed by atoms with Crippen LogP contribution in [0.4, 0.5) is 4.79 Å². The Labute approximate surface area is 180 Å². The molecule has 2 atom stereocenters. The molecule has 0 fully saturated rings. The molecule has 0 saturated carbocycles. The normalized spacial score (nSPS) is 17.1. The summed E-state index contributed by atoms with van der Waals surface area (Å²) in [4.78, 5) is 34.2. The molecule has 0 saturated heterocycles. The predicted octanol–water partition coefficient (Wildman–Crippen LogP) is 2.58. The smallest absolute Gasteiger partial charge is 0.410 e. The van der Waals surface area contributed by atoms with Gasteiger partial charge in [0.1, 0.15) is 22.8 Å². The fraction of sp³-hybridized carbons (Fsp3) is 0.429. The van der Waals surface area contributed by atoms with E-state index in [4.69, 9.17) is 16.3 Å². The van der Waals surface area contributed by atoms with Gasteiger partial charge in [0.2, 0.25) is 0 Å². The summed E-state index contributed by atoms with van der Waals surface area (Å²) in [5.74, 6) is -0.488. The van der Waals surface area contributed by atoms with E-state index < -0.39 is 29.7 Å². The van der Waals surface area contributed by atoms with Gasteiger partial charge >= 0.3 is 6.09 Å². The van der Waals surface area contributed by atoms with Gasteiger partial charge in [-0.25, -0.2) is 14.8 Å². The van der Waals surface area contributed by atoms with Crippen molar-refractivity contribution in [3.8, 4) is 0 Å². The first kappa shape index (κ1) is 22.0. The van der Waals surface area contributed by atoms with Gasteiger partial charge in [-0.2, -0.15) is 0 Å². The van der Waals surface area contributed by atoms with Crippen LogP contribution in [0.3, 0.4) is 0 Å². The van der Waals surface area contributed by atoms with Gasteiger partial charge in [0.05, 0.1) is 12.1 Å². The maximum Gasteiger partial charge on any atom is 0.410 e. The van der Waals surface area contributed by atoms with Gasteiger partial charge in [-0.15, -0.1) is 0 Å². The van der Waals surface area contributed by atoms with Crippen LogP contribution >= 0.6 is 11.6 Å². The van der Waals surface area contributed by atoms with Crippen LogP contribution in [-0.4, -0.2) is 56.3 Å². The van der Waals surface area contributed by atoms with Gasteiger partial charge in [0, 0.05) is 19.2 Å². The number of benzene rings is 1. The van der Waals surface area contributed by atoms with E-state index in [0.717, 1.165) is 11.1 Å². The molecule has 1 aromatic heterocycles. The standard InChI is InChI=1S/C21H25ClN4O4/c1-21(2,3)30-20(29)26-11-14-7-5-4-6-13(14)8-16(26)17(27)10-23-19(28)15-9-18(22)25-12-24-15/h4-7,9,12,16-17,27H,8,10-11H2,1-3H3,(H,23,28)/t16-,17+/m0/s1. The lowest BCUT2D eigenvalue weighted by Crippen LogP contribution is -2.54. The summed E-state index contributed by atoms with van der Waals surface area (Å²) < 4.78 is 5.54. The monoisotopic (exact) mass is 432 g/mol. The maximum atomic E-state index is 12.8. The molecule has 160 valence electrons. The molecule has 1 aliphatic heterocycles. The van der Waals surface area contributed by atoms with Gasteiger partial charge in [0.25, 0.3) is 5.91 Å². The van der Waals surface area contributed by atoms with Crippen molar-refractivity contribution in [3.63, 3.8) is 0 Å². The molecule has 2 aromatic rings. The number of aliphatic hydroxyl groups is 1. The Kier molecular flexibility index (Phi) is 6.58. The number of rotatable bonds is 4. The van der Waals surface area contributed by atoms with E-state index in [2.05, 4.69) is 15.3 Å². The third kappa shape index (κ3) is 5.46. The first-order valence-electron chi connectivity index (χ1n) is 9.64. The minimum absolute atomic E-state index is 0.0629. The number of ether oxygens (including phenoxy) is 1. The summed E-state index contributed by atoms with van der Waals surface area (Å²) in [6, 6.07) is 8.55. The number of carbonyl (C=O) groups is 2. The summed E-state index contributed by atoms with van der Waals surface area (Å²) in [6.45, 7) is 5.64. The fourth-order valence-corrected chi connectivity index (χ4v) is 3.44. The number of hydrogen-bond acceptors (Lipinski definition) is 6. The highest BCUT2D eigenvalue weighted by atomic mass is 35.5. The molecule has 2 amide bonds. The second-order valence-corrected chi connectivity index (χ2v) is 8.54. The number of halogens is 1. The van der Waals surface area contributed by atoms with Crippen LogP contribution in [-0.2, 0) is 17.7 Å². The zero-order valence-electron chi connectivity index (χ0n) is 17.1. The Morgan fingerprint density at radius 1 is 1.30 bits per heavy atom. The number of fused-ring (bicyclic) bond motifs is 1. The Morgan fingerprint density at radius 3 is 2.67 bits per heavy atom.